The van der Waals surface area contributed by atoms with Crippen molar-refractivity contribution in [2.24, 2.45) is 11.8 Å². The maximum atomic E-state index is 12.3. The second kappa shape index (κ2) is 13.8. The third-order valence-corrected chi connectivity index (χ3v) is 11.8. The third-order valence-electron chi connectivity index (χ3n) is 8.26. The smallest absolute Gasteiger partial charge is 0.422 e. The molecular formula is C28H45F3OSi. The van der Waals surface area contributed by atoms with E-state index >= 15 is 0 Å². The van der Waals surface area contributed by atoms with Crippen LogP contribution in [0.1, 0.15) is 102 Å². The fourth-order valence-corrected chi connectivity index (χ4v) is 9.76. The van der Waals surface area contributed by atoms with Crippen LogP contribution < -0.4 is 4.74 Å². The molecule has 0 radical (unpaired) electrons. The van der Waals surface area contributed by atoms with Crippen LogP contribution in [0.2, 0.25) is 18.1 Å². The Hall–Kier alpha value is -0.973. The highest BCUT2D eigenvalue weighted by Crippen LogP contribution is 2.39. The summed E-state index contributed by atoms with van der Waals surface area (Å²) in [6, 6.07) is 12.1. The van der Waals surface area contributed by atoms with E-state index in [0.29, 0.717) is 11.7 Å². The Bertz CT molecular complexity index is 644. The van der Waals surface area contributed by atoms with Gasteiger partial charge in [-0.1, -0.05) is 95.0 Å². The molecular weight excluding hydrogens is 437 g/mol. The second-order valence-electron chi connectivity index (χ2n) is 10.9. The van der Waals surface area contributed by atoms with Crippen LogP contribution in [0.15, 0.2) is 24.3 Å². The molecule has 1 heterocycles. The predicted molar refractivity (Wildman–Crippen MR) is 135 cm³/mol. The Kier molecular flexibility index (Phi) is 11.1. The summed E-state index contributed by atoms with van der Waals surface area (Å²) in [6.45, 7) is 1.09. The summed E-state index contributed by atoms with van der Waals surface area (Å²) in [4.78, 5) is 0. The summed E-state index contributed by atoms with van der Waals surface area (Å²) in [5.74, 6) is 2.75. The number of hydrogen-bond acceptors (Lipinski definition) is 1. The summed E-state index contributed by atoms with van der Waals surface area (Å²) >= 11 is 0. The van der Waals surface area contributed by atoms with Gasteiger partial charge in [0.2, 0.25) is 0 Å². The standard InChI is InChI=1S/C28H45F3OSi/c1-2-3-6-19-33-20-17-24(18-21-33)8-5-4-7-23-9-11-25(12-10-23)26-13-15-27(16-14-26)32-22-28(29,30)31/h13-16,23-25,33H,2-12,17-22H2,1H3/t23-,24-,25-,33-. The largest absolute Gasteiger partial charge is 0.484 e. The zero-order valence-corrected chi connectivity index (χ0v) is 21.8. The van der Waals surface area contributed by atoms with Gasteiger partial charge in [0.25, 0.3) is 0 Å². The van der Waals surface area contributed by atoms with Crippen LogP contribution in [0, 0.1) is 11.8 Å². The molecule has 2 fully saturated rings. The number of hydrogen-bond donors (Lipinski definition) is 0. The molecule has 33 heavy (non-hydrogen) atoms. The molecule has 1 aromatic carbocycles. The van der Waals surface area contributed by atoms with Crippen LogP contribution in [0.25, 0.3) is 0 Å². The van der Waals surface area contributed by atoms with E-state index in [0.717, 1.165) is 11.8 Å². The first-order chi connectivity index (χ1) is 15.9. The molecule has 0 atom stereocenters. The van der Waals surface area contributed by atoms with E-state index in [1.165, 1.54) is 89.0 Å². The highest BCUT2D eigenvalue weighted by molar-refractivity contribution is 6.58. The maximum absolute atomic E-state index is 12.3. The number of unbranched alkanes of at least 4 members (excludes halogenated alkanes) is 3. The molecule has 1 aromatic rings. The Morgan fingerprint density at radius 3 is 2.00 bits per heavy atom. The van der Waals surface area contributed by atoms with E-state index in [9.17, 15) is 13.2 Å². The fraction of sp³-hybridized carbons (Fsp3) is 0.786. The quantitative estimate of drug-likeness (QED) is 0.213. The van der Waals surface area contributed by atoms with Crippen molar-refractivity contribution in [2.45, 2.75) is 121 Å². The normalized spacial score (nSPS) is 26.3. The molecule has 0 spiro atoms. The maximum Gasteiger partial charge on any atom is 0.422 e. The first kappa shape index (κ1) is 26.6. The Morgan fingerprint density at radius 2 is 1.42 bits per heavy atom. The van der Waals surface area contributed by atoms with Crippen molar-refractivity contribution in [1.82, 2.24) is 0 Å². The average molecular weight is 483 g/mol. The zero-order chi connectivity index (χ0) is 23.5. The predicted octanol–water partition coefficient (Wildman–Crippen LogP) is 9.29. The monoisotopic (exact) mass is 482 g/mol. The van der Waals surface area contributed by atoms with Crippen molar-refractivity contribution in [3.8, 4) is 5.75 Å². The molecule has 0 N–H and O–H groups in total. The van der Waals surface area contributed by atoms with Gasteiger partial charge in [-0.2, -0.15) is 13.2 Å². The van der Waals surface area contributed by atoms with Gasteiger partial charge in [0, 0.05) is 8.80 Å². The summed E-state index contributed by atoms with van der Waals surface area (Å²) in [5.41, 5.74) is 1.25. The van der Waals surface area contributed by atoms with E-state index in [2.05, 4.69) is 6.92 Å². The van der Waals surface area contributed by atoms with Crippen molar-refractivity contribution in [3.63, 3.8) is 0 Å². The molecule has 1 saturated heterocycles. The topological polar surface area (TPSA) is 9.23 Å². The minimum absolute atomic E-state index is 0.303. The van der Waals surface area contributed by atoms with Crippen molar-refractivity contribution in [3.05, 3.63) is 29.8 Å². The van der Waals surface area contributed by atoms with Gasteiger partial charge in [-0.3, -0.25) is 0 Å². The first-order valence-electron chi connectivity index (χ1n) is 13.7. The summed E-state index contributed by atoms with van der Waals surface area (Å²) < 4.78 is 41.7. The van der Waals surface area contributed by atoms with Crippen molar-refractivity contribution >= 4 is 8.80 Å². The molecule has 1 aliphatic heterocycles. The SMILES string of the molecule is CCCCC[Si@H]1CC[C@H](CCCC[C@H]2CC[C@H](c3ccc(OCC(F)(F)F)cc3)CC2)CC1. The summed E-state index contributed by atoms with van der Waals surface area (Å²) in [6.07, 6.45) is 13.8. The van der Waals surface area contributed by atoms with Gasteiger partial charge in [0.15, 0.2) is 6.61 Å². The number of ether oxygens (including phenoxy) is 1. The van der Waals surface area contributed by atoms with Gasteiger partial charge in [-0.25, -0.2) is 0 Å². The number of alkyl halides is 3. The van der Waals surface area contributed by atoms with Crippen LogP contribution in [0.3, 0.4) is 0 Å². The van der Waals surface area contributed by atoms with Crippen molar-refractivity contribution < 1.29 is 17.9 Å². The van der Waals surface area contributed by atoms with Crippen LogP contribution in [0.4, 0.5) is 13.2 Å². The van der Waals surface area contributed by atoms with E-state index in [-0.39, 0.29) is 8.80 Å². The number of halogens is 3. The molecule has 1 aliphatic carbocycles. The fourth-order valence-electron chi connectivity index (χ4n) is 6.14. The number of benzene rings is 1. The van der Waals surface area contributed by atoms with Crippen LogP contribution in [-0.2, 0) is 0 Å². The highest BCUT2D eigenvalue weighted by atomic mass is 28.3. The molecule has 2 aliphatic rings. The lowest BCUT2D eigenvalue weighted by Gasteiger charge is -2.30. The molecule has 0 amide bonds. The molecule has 5 heteroatoms. The molecule has 0 bridgehead atoms. The molecule has 0 aromatic heterocycles. The van der Waals surface area contributed by atoms with E-state index in [4.69, 9.17) is 4.74 Å². The molecule has 1 nitrogen and oxygen atoms in total. The minimum atomic E-state index is -4.29. The molecule has 188 valence electrons. The molecule has 0 unspecified atom stereocenters. The van der Waals surface area contributed by atoms with E-state index in [1.54, 1.807) is 30.3 Å². The van der Waals surface area contributed by atoms with Crippen LogP contribution in [-0.4, -0.2) is 21.6 Å². The van der Waals surface area contributed by atoms with Gasteiger partial charge < -0.3 is 4.74 Å². The molecule has 1 saturated carbocycles. The minimum Gasteiger partial charge on any atom is -0.484 e. The molecule has 3 rings (SSSR count). The Balaban J connectivity index is 1.25. The average Bonchev–Trinajstić information content (AvgIpc) is 2.82. The summed E-state index contributed by atoms with van der Waals surface area (Å²) in [7, 11) is -0.359. The lowest BCUT2D eigenvalue weighted by Crippen LogP contribution is -2.21. The lowest BCUT2D eigenvalue weighted by molar-refractivity contribution is -0.153. The van der Waals surface area contributed by atoms with Gasteiger partial charge in [-0.05, 0) is 61.1 Å². The van der Waals surface area contributed by atoms with Crippen molar-refractivity contribution in [2.75, 3.05) is 6.61 Å². The van der Waals surface area contributed by atoms with Crippen LogP contribution in [0.5, 0.6) is 5.75 Å². The van der Waals surface area contributed by atoms with E-state index < -0.39 is 12.8 Å². The second-order valence-corrected chi connectivity index (χ2v) is 14.3. The highest BCUT2D eigenvalue weighted by Gasteiger charge is 2.28. The van der Waals surface area contributed by atoms with Crippen molar-refractivity contribution in [1.29, 1.82) is 0 Å². The lowest BCUT2D eigenvalue weighted by atomic mass is 9.77. The van der Waals surface area contributed by atoms with E-state index in [1.807, 2.05) is 12.1 Å². The zero-order valence-electron chi connectivity index (χ0n) is 20.7. The van der Waals surface area contributed by atoms with Crippen LogP contribution >= 0.6 is 0 Å². The van der Waals surface area contributed by atoms with Gasteiger partial charge in [0.1, 0.15) is 5.75 Å². The first-order valence-corrected chi connectivity index (χ1v) is 16.2. The van der Waals surface area contributed by atoms with Gasteiger partial charge in [0.05, 0.1) is 0 Å². The van der Waals surface area contributed by atoms with Gasteiger partial charge in [-0.15, -0.1) is 0 Å². The summed E-state index contributed by atoms with van der Waals surface area (Å²) in [5, 5.41) is 0. The number of rotatable bonds is 12. The van der Waals surface area contributed by atoms with Gasteiger partial charge >= 0.3 is 6.18 Å². The Labute approximate surface area is 201 Å². The Morgan fingerprint density at radius 1 is 0.818 bits per heavy atom. The third kappa shape index (κ3) is 10.0.